The average Bonchev–Trinajstić information content (AvgIpc) is 3.38. The lowest BCUT2D eigenvalue weighted by atomic mass is 9.92. The number of piperidine rings is 1. The summed E-state index contributed by atoms with van der Waals surface area (Å²) in [7, 11) is 2.23. The van der Waals surface area contributed by atoms with Gasteiger partial charge in [-0.05, 0) is 101 Å². The number of imidazole rings is 2. The number of likely N-dealkylation sites (tertiary alicyclic amines) is 1. The van der Waals surface area contributed by atoms with Crippen LogP contribution in [-0.4, -0.2) is 44.6 Å². The van der Waals surface area contributed by atoms with Gasteiger partial charge >= 0.3 is 0 Å². The third kappa shape index (κ3) is 3.85. The van der Waals surface area contributed by atoms with E-state index in [0.717, 1.165) is 56.6 Å². The van der Waals surface area contributed by atoms with Gasteiger partial charge in [0.05, 0.1) is 28.4 Å². The second kappa shape index (κ2) is 8.29. The molecule has 1 fully saturated rings. The van der Waals surface area contributed by atoms with E-state index in [1.54, 1.807) is 0 Å². The Morgan fingerprint density at radius 3 is 2.68 bits per heavy atom. The van der Waals surface area contributed by atoms with E-state index in [2.05, 4.69) is 40.6 Å². The number of benzene rings is 2. The summed E-state index contributed by atoms with van der Waals surface area (Å²) in [6, 6.07) is 8.27. The Bertz CT molecular complexity index is 1230. The number of nitrogens with one attached hydrogen (secondary N) is 1. The molecule has 0 aliphatic carbocycles. The number of aromatic nitrogens is 4. The van der Waals surface area contributed by atoms with Crippen molar-refractivity contribution < 1.29 is 0 Å². The van der Waals surface area contributed by atoms with Crippen LogP contribution < -0.4 is 0 Å². The van der Waals surface area contributed by atoms with Gasteiger partial charge in [0.25, 0.3) is 0 Å². The first-order valence-corrected chi connectivity index (χ1v) is 11.7. The average molecular weight is 436 g/mol. The molecule has 0 unspecified atom stereocenters. The van der Waals surface area contributed by atoms with Crippen molar-refractivity contribution in [1.82, 2.24) is 24.4 Å². The first-order chi connectivity index (χ1) is 15.0. The van der Waals surface area contributed by atoms with Crippen molar-refractivity contribution in [2.45, 2.75) is 46.1 Å². The molecule has 1 saturated heterocycles. The molecule has 0 atom stereocenters. The van der Waals surface area contributed by atoms with E-state index in [0.29, 0.717) is 0 Å². The zero-order chi connectivity index (χ0) is 21.5. The molecule has 2 aromatic carbocycles. The van der Waals surface area contributed by atoms with E-state index in [1.807, 2.05) is 25.4 Å². The molecule has 5 nitrogen and oxygen atoms in total. The summed E-state index contributed by atoms with van der Waals surface area (Å²) in [5.74, 6) is 1.75. The van der Waals surface area contributed by atoms with Crippen molar-refractivity contribution in [1.29, 1.82) is 0 Å². The third-order valence-electron chi connectivity index (χ3n) is 6.99. The Hall–Kier alpha value is -2.37. The molecule has 162 valence electrons. The fraction of sp³-hybridized carbons (Fsp3) is 0.440. The van der Waals surface area contributed by atoms with Crippen molar-refractivity contribution in [3.63, 3.8) is 0 Å². The second-order valence-corrected chi connectivity index (χ2v) is 9.49. The zero-order valence-electron chi connectivity index (χ0n) is 18.6. The number of hydrogen-bond acceptors (Lipinski definition) is 3. The quantitative estimate of drug-likeness (QED) is 0.420. The number of nitrogens with zero attached hydrogens (tertiary/aromatic N) is 4. The van der Waals surface area contributed by atoms with Crippen LogP contribution in [0, 0.1) is 19.8 Å². The molecular formula is C25H30ClN5. The molecule has 6 heteroatoms. The highest BCUT2D eigenvalue weighted by atomic mass is 35.5. The van der Waals surface area contributed by atoms with E-state index in [9.17, 15) is 0 Å². The van der Waals surface area contributed by atoms with Gasteiger partial charge in [-0.25, -0.2) is 9.97 Å². The minimum absolute atomic E-state index is 0.747. The second-order valence-electron chi connectivity index (χ2n) is 9.09. The summed E-state index contributed by atoms with van der Waals surface area (Å²) in [5, 5.41) is 0.747. The maximum Gasteiger partial charge on any atom is 0.138 e. The predicted molar refractivity (Wildman–Crippen MR) is 129 cm³/mol. The van der Waals surface area contributed by atoms with Gasteiger partial charge in [-0.1, -0.05) is 11.6 Å². The minimum atomic E-state index is 0.747. The Balaban J connectivity index is 1.37. The summed E-state index contributed by atoms with van der Waals surface area (Å²) < 4.78 is 2.31. The van der Waals surface area contributed by atoms with E-state index in [1.165, 1.54) is 44.3 Å². The van der Waals surface area contributed by atoms with Gasteiger partial charge in [-0.2, -0.15) is 0 Å². The maximum atomic E-state index is 6.28. The highest BCUT2D eigenvalue weighted by Gasteiger charge is 2.17. The van der Waals surface area contributed by atoms with Crippen LogP contribution in [0.2, 0.25) is 5.02 Å². The maximum absolute atomic E-state index is 6.28. The van der Waals surface area contributed by atoms with Crippen LogP contribution in [0.3, 0.4) is 0 Å². The number of halogens is 1. The number of H-pyrrole nitrogens is 1. The highest BCUT2D eigenvalue weighted by molar-refractivity contribution is 6.32. The van der Waals surface area contributed by atoms with Gasteiger partial charge in [0.2, 0.25) is 0 Å². The topological polar surface area (TPSA) is 49.7 Å². The van der Waals surface area contributed by atoms with Crippen LogP contribution >= 0.6 is 11.6 Å². The summed E-state index contributed by atoms with van der Waals surface area (Å²) in [6.07, 6.45) is 7.20. The molecule has 3 heterocycles. The van der Waals surface area contributed by atoms with Crippen molar-refractivity contribution in [3.05, 3.63) is 46.7 Å². The Morgan fingerprint density at radius 1 is 1.06 bits per heavy atom. The lowest BCUT2D eigenvalue weighted by Gasteiger charge is -2.28. The predicted octanol–water partition coefficient (Wildman–Crippen LogP) is 5.97. The SMILES string of the molecule is Cc1c(Cl)ccc2[nH]c(-c3ccc4c(ncn4CCCC4CCN(C)CC4)c3C)nc12. The van der Waals surface area contributed by atoms with Crippen molar-refractivity contribution in [3.8, 4) is 11.4 Å². The van der Waals surface area contributed by atoms with Gasteiger partial charge < -0.3 is 14.5 Å². The first kappa shape index (κ1) is 20.5. The molecule has 4 aromatic rings. The number of rotatable bonds is 5. The lowest BCUT2D eigenvalue weighted by Crippen LogP contribution is -2.30. The van der Waals surface area contributed by atoms with Crippen LogP contribution in [0.4, 0.5) is 0 Å². The lowest BCUT2D eigenvalue weighted by molar-refractivity contribution is 0.209. The highest BCUT2D eigenvalue weighted by Crippen LogP contribution is 2.31. The van der Waals surface area contributed by atoms with Crippen molar-refractivity contribution >= 4 is 33.7 Å². The van der Waals surface area contributed by atoms with Crippen molar-refractivity contribution in [2.75, 3.05) is 20.1 Å². The van der Waals surface area contributed by atoms with Crippen LogP contribution in [0.5, 0.6) is 0 Å². The van der Waals surface area contributed by atoms with Gasteiger partial charge in [0.1, 0.15) is 5.82 Å². The Morgan fingerprint density at radius 2 is 1.87 bits per heavy atom. The minimum Gasteiger partial charge on any atom is -0.338 e. The van der Waals surface area contributed by atoms with Crippen LogP contribution in [0.25, 0.3) is 33.5 Å². The molecule has 1 N–H and O–H groups in total. The molecule has 2 aromatic heterocycles. The van der Waals surface area contributed by atoms with E-state index >= 15 is 0 Å². The van der Waals surface area contributed by atoms with Crippen LogP contribution in [0.1, 0.15) is 36.8 Å². The molecule has 1 aliphatic heterocycles. The standard InChI is InChI=1S/C25H30ClN5/c1-16-19(25-28-21-8-7-20(26)17(2)23(21)29-25)6-9-22-24(16)27-15-31(22)12-4-5-18-10-13-30(3)14-11-18/h6-9,15,18H,4-5,10-14H2,1-3H3,(H,28,29). The zero-order valence-corrected chi connectivity index (χ0v) is 19.3. The monoisotopic (exact) mass is 435 g/mol. The molecule has 0 bridgehead atoms. The summed E-state index contributed by atoms with van der Waals surface area (Å²) >= 11 is 6.28. The molecule has 0 spiro atoms. The van der Waals surface area contributed by atoms with Gasteiger partial charge in [-0.15, -0.1) is 0 Å². The van der Waals surface area contributed by atoms with Crippen LogP contribution in [-0.2, 0) is 6.54 Å². The first-order valence-electron chi connectivity index (χ1n) is 11.3. The molecule has 0 amide bonds. The molecule has 1 aliphatic rings. The van der Waals surface area contributed by atoms with E-state index in [4.69, 9.17) is 21.6 Å². The van der Waals surface area contributed by atoms with Crippen LogP contribution in [0.15, 0.2) is 30.6 Å². The Kier molecular flexibility index (Phi) is 5.49. The number of fused-ring (bicyclic) bond motifs is 2. The number of hydrogen-bond donors (Lipinski definition) is 1. The molecule has 0 saturated carbocycles. The number of aryl methyl sites for hydroxylation is 3. The Labute approximate surface area is 188 Å². The largest absolute Gasteiger partial charge is 0.338 e. The fourth-order valence-electron chi connectivity index (χ4n) is 4.92. The fourth-order valence-corrected chi connectivity index (χ4v) is 5.07. The normalized spacial score (nSPS) is 16.0. The smallest absolute Gasteiger partial charge is 0.138 e. The van der Waals surface area contributed by atoms with E-state index in [-0.39, 0.29) is 0 Å². The summed E-state index contributed by atoms with van der Waals surface area (Å²) in [4.78, 5) is 15.5. The van der Waals surface area contributed by atoms with Gasteiger partial charge in [0, 0.05) is 17.1 Å². The number of aromatic amines is 1. The van der Waals surface area contributed by atoms with Gasteiger partial charge in [0.15, 0.2) is 0 Å². The molecule has 5 rings (SSSR count). The van der Waals surface area contributed by atoms with Crippen molar-refractivity contribution in [2.24, 2.45) is 5.92 Å². The summed E-state index contributed by atoms with van der Waals surface area (Å²) in [6.45, 7) is 7.67. The van der Waals surface area contributed by atoms with Gasteiger partial charge in [-0.3, -0.25) is 0 Å². The summed E-state index contributed by atoms with van der Waals surface area (Å²) in [5.41, 5.74) is 7.48. The molecule has 31 heavy (non-hydrogen) atoms. The molecular weight excluding hydrogens is 406 g/mol. The molecule has 0 radical (unpaired) electrons. The van der Waals surface area contributed by atoms with E-state index < -0.39 is 0 Å². The third-order valence-corrected chi connectivity index (χ3v) is 7.40.